The third-order valence-electron chi connectivity index (χ3n) is 3.99. The second-order valence-electron chi connectivity index (χ2n) is 5.68. The van der Waals surface area contributed by atoms with Crippen LogP contribution in [0.25, 0.3) is 0 Å². The zero-order valence-corrected chi connectivity index (χ0v) is 13.0. The van der Waals surface area contributed by atoms with Gasteiger partial charge in [-0.3, -0.25) is 4.79 Å². The van der Waals surface area contributed by atoms with E-state index in [1.165, 1.54) is 18.2 Å². The van der Waals surface area contributed by atoms with Crippen LogP contribution in [0.4, 0.5) is 0 Å². The van der Waals surface area contributed by atoms with Gasteiger partial charge in [0.05, 0.1) is 6.10 Å². The van der Waals surface area contributed by atoms with Crippen molar-refractivity contribution in [3.8, 4) is 0 Å². The first-order valence-corrected chi connectivity index (χ1v) is 7.81. The van der Waals surface area contributed by atoms with Gasteiger partial charge in [-0.1, -0.05) is 36.4 Å². The molecule has 2 aromatic rings. The highest BCUT2D eigenvalue weighted by molar-refractivity contribution is 5.94. The number of nitrogens with one attached hydrogen (secondary N) is 1. The lowest BCUT2D eigenvalue weighted by molar-refractivity contribution is 0.000867. The zero-order valence-electron chi connectivity index (χ0n) is 13.0. The van der Waals surface area contributed by atoms with Gasteiger partial charge >= 0.3 is 5.97 Å². The summed E-state index contributed by atoms with van der Waals surface area (Å²) in [5, 5.41) is 11.9. The minimum atomic E-state index is -1.15. The SMILES string of the molecule is O=C(O)c1cccc(C(=O)NC2CCOC(c3ccccc3)C2)n1. The van der Waals surface area contributed by atoms with Gasteiger partial charge in [0.2, 0.25) is 0 Å². The maximum atomic E-state index is 12.3. The monoisotopic (exact) mass is 326 g/mol. The number of aromatic nitrogens is 1. The van der Waals surface area contributed by atoms with E-state index in [2.05, 4.69) is 10.3 Å². The molecule has 24 heavy (non-hydrogen) atoms. The Morgan fingerprint density at radius 1 is 1.08 bits per heavy atom. The molecule has 2 heterocycles. The Morgan fingerprint density at radius 3 is 2.58 bits per heavy atom. The van der Waals surface area contributed by atoms with Crippen LogP contribution in [0.3, 0.4) is 0 Å². The van der Waals surface area contributed by atoms with Gasteiger partial charge in [0, 0.05) is 12.6 Å². The van der Waals surface area contributed by atoms with Crippen molar-refractivity contribution in [3.05, 3.63) is 65.5 Å². The fraction of sp³-hybridized carbons (Fsp3) is 0.278. The molecule has 0 aliphatic carbocycles. The van der Waals surface area contributed by atoms with E-state index in [4.69, 9.17) is 9.84 Å². The number of carboxylic acids is 1. The largest absolute Gasteiger partial charge is 0.477 e. The molecule has 124 valence electrons. The van der Waals surface area contributed by atoms with Gasteiger partial charge in [-0.15, -0.1) is 0 Å². The first kappa shape index (κ1) is 16.1. The summed E-state index contributed by atoms with van der Waals surface area (Å²) in [6.07, 6.45) is 1.34. The fourth-order valence-corrected chi connectivity index (χ4v) is 2.77. The van der Waals surface area contributed by atoms with Crippen LogP contribution in [0.2, 0.25) is 0 Å². The molecule has 0 radical (unpaired) electrons. The van der Waals surface area contributed by atoms with Gasteiger partial charge < -0.3 is 15.2 Å². The predicted molar refractivity (Wildman–Crippen MR) is 86.8 cm³/mol. The molecule has 3 rings (SSSR count). The molecule has 0 spiro atoms. The van der Waals surface area contributed by atoms with E-state index < -0.39 is 5.97 Å². The van der Waals surface area contributed by atoms with Crippen LogP contribution in [0.5, 0.6) is 0 Å². The van der Waals surface area contributed by atoms with E-state index in [-0.39, 0.29) is 29.4 Å². The van der Waals surface area contributed by atoms with Crippen molar-refractivity contribution in [2.45, 2.75) is 25.0 Å². The van der Waals surface area contributed by atoms with Crippen molar-refractivity contribution < 1.29 is 19.4 Å². The summed E-state index contributed by atoms with van der Waals surface area (Å²) in [5.41, 5.74) is 1.05. The molecule has 1 saturated heterocycles. The molecular weight excluding hydrogens is 308 g/mol. The smallest absolute Gasteiger partial charge is 0.354 e. The van der Waals surface area contributed by atoms with E-state index in [0.29, 0.717) is 19.4 Å². The van der Waals surface area contributed by atoms with Crippen LogP contribution >= 0.6 is 0 Å². The number of ether oxygens (including phenoxy) is 1. The lowest BCUT2D eigenvalue weighted by atomic mass is 9.97. The van der Waals surface area contributed by atoms with Gasteiger partial charge in [0.25, 0.3) is 5.91 Å². The predicted octanol–water partition coefficient (Wildman–Crippen LogP) is 2.43. The number of pyridine rings is 1. The summed E-state index contributed by atoms with van der Waals surface area (Å²) in [5.74, 6) is -1.52. The summed E-state index contributed by atoms with van der Waals surface area (Å²) in [4.78, 5) is 27.2. The van der Waals surface area contributed by atoms with Crippen molar-refractivity contribution in [2.75, 3.05) is 6.61 Å². The molecule has 1 aromatic heterocycles. The number of hydrogen-bond donors (Lipinski definition) is 2. The molecule has 0 saturated carbocycles. The zero-order chi connectivity index (χ0) is 16.9. The van der Waals surface area contributed by atoms with E-state index >= 15 is 0 Å². The highest BCUT2D eigenvalue weighted by Crippen LogP contribution is 2.28. The Kier molecular flexibility index (Phi) is 4.86. The fourth-order valence-electron chi connectivity index (χ4n) is 2.77. The number of carboxylic acid groups (broad SMARTS) is 1. The summed E-state index contributed by atoms with van der Waals surface area (Å²) in [7, 11) is 0. The Labute approximate surface area is 139 Å². The molecule has 2 N–H and O–H groups in total. The van der Waals surface area contributed by atoms with Crippen molar-refractivity contribution in [1.29, 1.82) is 0 Å². The molecule has 0 bridgehead atoms. The minimum absolute atomic E-state index is 0.0354. The van der Waals surface area contributed by atoms with Gasteiger partial charge in [0.15, 0.2) is 0 Å². The van der Waals surface area contributed by atoms with Crippen LogP contribution < -0.4 is 5.32 Å². The number of carbonyl (C=O) groups excluding carboxylic acids is 1. The lowest BCUT2D eigenvalue weighted by Crippen LogP contribution is -2.40. The first-order chi connectivity index (χ1) is 11.6. The molecule has 1 aromatic carbocycles. The number of hydrogen-bond acceptors (Lipinski definition) is 4. The van der Waals surface area contributed by atoms with Gasteiger partial charge in [0.1, 0.15) is 11.4 Å². The molecule has 1 fully saturated rings. The standard InChI is InChI=1S/C18H18N2O4/c21-17(14-7-4-8-15(20-14)18(22)23)19-13-9-10-24-16(11-13)12-5-2-1-3-6-12/h1-8,13,16H,9-11H2,(H,19,21)(H,22,23). The van der Waals surface area contributed by atoms with Gasteiger partial charge in [-0.05, 0) is 30.5 Å². The van der Waals surface area contributed by atoms with Crippen LogP contribution in [-0.4, -0.2) is 34.6 Å². The summed E-state index contributed by atoms with van der Waals surface area (Å²) in [6.45, 7) is 0.563. The van der Waals surface area contributed by atoms with Crippen LogP contribution in [0.1, 0.15) is 45.5 Å². The minimum Gasteiger partial charge on any atom is -0.477 e. The number of rotatable bonds is 4. The Hall–Kier alpha value is -2.73. The quantitative estimate of drug-likeness (QED) is 0.901. The lowest BCUT2D eigenvalue weighted by Gasteiger charge is -2.30. The Balaban J connectivity index is 1.66. The van der Waals surface area contributed by atoms with Crippen LogP contribution in [0, 0.1) is 0 Å². The topological polar surface area (TPSA) is 88.5 Å². The Morgan fingerprint density at radius 2 is 1.83 bits per heavy atom. The van der Waals surface area contributed by atoms with Crippen LogP contribution in [-0.2, 0) is 4.74 Å². The molecular formula is C18H18N2O4. The highest BCUT2D eigenvalue weighted by atomic mass is 16.5. The van der Waals surface area contributed by atoms with Crippen molar-refractivity contribution >= 4 is 11.9 Å². The van der Waals surface area contributed by atoms with Crippen molar-refractivity contribution in [3.63, 3.8) is 0 Å². The second kappa shape index (κ2) is 7.23. The van der Waals surface area contributed by atoms with E-state index in [1.54, 1.807) is 0 Å². The number of amides is 1. The molecule has 2 unspecified atom stereocenters. The highest BCUT2D eigenvalue weighted by Gasteiger charge is 2.25. The first-order valence-electron chi connectivity index (χ1n) is 7.81. The Bertz CT molecular complexity index is 733. The summed E-state index contributed by atoms with van der Waals surface area (Å²) < 4.78 is 5.79. The molecule has 6 nitrogen and oxygen atoms in total. The van der Waals surface area contributed by atoms with Crippen molar-refractivity contribution in [1.82, 2.24) is 10.3 Å². The van der Waals surface area contributed by atoms with Crippen LogP contribution in [0.15, 0.2) is 48.5 Å². The molecule has 6 heteroatoms. The van der Waals surface area contributed by atoms with E-state index in [9.17, 15) is 9.59 Å². The number of carbonyl (C=O) groups is 2. The molecule has 1 aliphatic heterocycles. The third-order valence-corrected chi connectivity index (χ3v) is 3.99. The van der Waals surface area contributed by atoms with E-state index in [1.807, 2.05) is 30.3 Å². The molecule has 2 atom stereocenters. The normalized spacial score (nSPS) is 20.3. The van der Waals surface area contributed by atoms with E-state index in [0.717, 1.165) is 5.56 Å². The maximum Gasteiger partial charge on any atom is 0.354 e. The maximum absolute atomic E-state index is 12.3. The molecule has 1 aliphatic rings. The van der Waals surface area contributed by atoms with Gasteiger partial charge in [-0.25, -0.2) is 9.78 Å². The van der Waals surface area contributed by atoms with Crippen molar-refractivity contribution in [2.24, 2.45) is 0 Å². The number of aromatic carboxylic acids is 1. The second-order valence-corrected chi connectivity index (χ2v) is 5.68. The summed E-state index contributed by atoms with van der Waals surface area (Å²) >= 11 is 0. The third kappa shape index (κ3) is 3.78. The average Bonchev–Trinajstić information content (AvgIpc) is 2.63. The molecule has 1 amide bonds. The number of nitrogens with zero attached hydrogens (tertiary/aromatic N) is 1. The average molecular weight is 326 g/mol. The number of benzene rings is 1. The van der Waals surface area contributed by atoms with Gasteiger partial charge in [-0.2, -0.15) is 0 Å². The summed E-state index contributed by atoms with van der Waals surface area (Å²) in [6, 6.07) is 14.2.